The van der Waals surface area contributed by atoms with Crippen LogP contribution in [0.4, 0.5) is 0 Å². The predicted octanol–water partition coefficient (Wildman–Crippen LogP) is 2.92. The van der Waals surface area contributed by atoms with Crippen molar-refractivity contribution in [1.29, 1.82) is 0 Å². The third-order valence-corrected chi connectivity index (χ3v) is 8.27. The molecule has 0 aromatic carbocycles. The molecule has 7 nitrogen and oxygen atoms in total. The summed E-state index contributed by atoms with van der Waals surface area (Å²) in [5.41, 5.74) is 0. The highest BCUT2D eigenvalue weighted by Gasteiger charge is 2.32. The first-order valence-electron chi connectivity index (χ1n) is 10.0. The first-order chi connectivity index (χ1) is 13.5. The van der Waals surface area contributed by atoms with Crippen molar-refractivity contribution >= 4 is 33.2 Å². The lowest BCUT2D eigenvalue weighted by atomic mass is 9.97. The number of rotatable bonds is 6. The molecule has 2 heterocycles. The van der Waals surface area contributed by atoms with Gasteiger partial charge in [0.2, 0.25) is 10.0 Å². The zero-order valence-corrected chi connectivity index (χ0v) is 17.7. The zero-order chi connectivity index (χ0) is 20.0. The molecule has 3 rings (SSSR count). The first kappa shape index (κ1) is 21.3. The molecule has 2 fully saturated rings. The molecule has 0 bridgehead atoms. The minimum atomic E-state index is -3.70. The van der Waals surface area contributed by atoms with Gasteiger partial charge in [-0.25, -0.2) is 13.2 Å². The van der Waals surface area contributed by atoms with Gasteiger partial charge in [0, 0.05) is 19.1 Å². The van der Waals surface area contributed by atoms with E-state index < -0.39 is 22.6 Å². The number of ether oxygens (including phenoxy) is 1. The molecule has 1 amide bonds. The molecule has 1 aromatic rings. The van der Waals surface area contributed by atoms with Crippen LogP contribution < -0.4 is 5.32 Å². The van der Waals surface area contributed by atoms with Gasteiger partial charge in [0.15, 0.2) is 6.61 Å². The van der Waals surface area contributed by atoms with E-state index in [1.165, 1.54) is 29.6 Å². The first-order valence-corrected chi connectivity index (χ1v) is 12.3. The Kier molecular flexibility index (Phi) is 7.48. The zero-order valence-electron chi connectivity index (χ0n) is 16.0. The number of nitrogens with one attached hydrogen (secondary N) is 1. The van der Waals surface area contributed by atoms with Gasteiger partial charge in [0.25, 0.3) is 5.91 Å². The fourth-order valence-electron chi connectivity index (χ4n) is 3.78. The van der Waals surface area contributed by atoms with E-state index in [9.17, 15) is 18.0 Å². The molecule has 156 valence electrons. The monoisotopic (exact) mass is 428 g/mol. The third kappa shape index (κ3) is 5.33. The second kappa shape index (κ2) is 9.84. The summed E-state index contributed by atoms with van der Waals surface area (Å²) in [5, 5.41) is 4.50. The summed E-state index contributed by atoms with van der Waals surface area (Å²) in [6.07, 6.45) is 9.36. The molecule has 1 aliphatic carbocycles. The van der Waals surface area contributed by atoms with Gasteiger partial charge in [-0.15, -0.1) is 11.3 Å². The number of esters is 1. The van der Waals surface area contributed by atoms with E-state index in [1.807, 2.05) is 0 Å². The minimum absolute atomic E-state index is 0.0233. The van der Waals surface area contributed by atoms with Crippen molar-refractivity contribution in [3.05, 3.63) is 16.3 Å². The molecule has 0 spiro atoms. The average Bonchev–Trinajstić information content (AvgIpc) is 3.34. The molecule has 1 aromatic heterocycles. The molecule has 1 saturated heterocycles. The molecule has 1 aliphatic heterocycles. The Morgan fingerprint density at radius 2 is 1.71 bits per heavy atom. The Morgan fingerprint density at radius 1 is 1.07 bits per heavy atom. The Balaban J connectivity index is 1.55. The molecular formula is C19H28N2O5S2. The highest BCUT2D eigenvalue weighted by atomic mass is 32.2. The largest absolute Gasteiger partial charge is 0.451 e. The van der Waals surface area contributed by atoms with Gasteiger partial charge < -0.3 is 10.1 Å². The summed E-state index contributed by atoms with van der Waals surface area (Å²) in [6, 6.07) is 1.56. The van der Waals surface area contributed by atoms with Crippen LogP contribution in [0.2, 0.25) is 0 Å². The smallest absolute Gasteiger partial charge is 0.350 e. The Hall–Kier alpha value is -1.45. The molecule has 0 unspecified atom stereocenters. The lowest BCUT2D eigenvalue weighted by Crippen LogP contribution is -2.38. The summed E-state index contributed by atoms with van der Waals surface area (Å²) in [5.74, 6) is -1.10. The van der Waals surface area contributed by atoms with Gasteiger partial charge in [-0.1, -0.05) is 32.1 Å². The van der Waals surface area contributed by atoms with Gasteiger partial charge in [-0.05, 0) is 37.1 Å². The number of carbonyl (C=O) groups is 2. The molecule has 0 atom stereocenters. The molecule has 9 heteroatoms. The summed E-state index contributed by atoms with van der Waals surface area (Å²) in [7, 11) is -3.70. The van der Waals surface area contributed by atoms with Crippen LogP contribution in [-0.2, 0) is 19.6 Å². The van der Waals surface area contributed by atoms with Crippen molar-refractivity contribution in [2.24, 2.45) is 0 Å². The number of amides is 1. The maximum atomic E-state index is 12.7. The van der Waals surface area contributed by atoms with E-state index in [0.29, 0.717) is 13.1 Å². The number of sulfonamides is 1. The maximum Gasteiger partial charge on any atom is 0.350 e. The quantitative estimate of drug-likeness (QED) is 0.703. The van der Waals surface area contributed by atoms with E-state index in [0.717, 1.165) is 49.9 Å². The fraction of sp³-hybridized carbons (Fsp3) is 0.684. The second-order valence-corrected chi connectivity index (χ2v) is 10.2. The van der Waals surface area contributed by atoms with Crippen LogP contribution in [0.3, 0.4) is 0 Å². The normalized spacial score (nSPS) is 19.7. The van der Waals surface area contributed by atoms with Gasteiger partial charge >= 0.3 is 5.97 Å². The standard InChI is InChI=1S/C19H28N2O5S2/c22-17(20-15-8-4-2-1-3-5-9-15)14-26-19(23)18-16(10-13-27-18)28(24,25)21-11-6-7-12-21/h10,13,15H,1-9,11-12,14H2,(H,20,22). The number of hydrogen-bond donors (Lipinski definition) is 1. The summed E-state index contributed by atoms with van der Waals surface area (Å²) < 4.78 is 32.0. The van der Waals surface area contributed by atoms with Gasteiger partial charge in [-0.2, -0.15) is 4.31 Å². The number of thiophene rings is 1. The molecule has 1 N–H and O–H groups in total. The summed E-state index contributed by atoms with van der Waals surface area (Å²) >= 11 is 1.02. The van der Waals surface area contributed by atoms with Crippen molar-refractivity contribution in [3.63, 3.8) is 0 Å². The summed E-state index contributed by atoms with van der Waals surface area (Å²) in [6.45, 7) is 0.545. The third-order valence-electron chi connectivity index (χ3n) is 5.30. The SMILES string of the molecule is O=C(COC(=O)c1sccc1S(=O)(=O)N1CCCC1)NC1CCCCCCC1. The van der Waals surface area contributed by atoms with Crippen molar-refractivity contribution in [3.8, 4) is 0 Å². The average molecular weight is 429 g/mol. The van der Waals surface area contributed by atoms with Crippen molar-refractivity contribution < 1.29 is 22.7 Å². The van der Waals surface area contributed by atoms with Crippen LogP contribution in [0.5, 0.6) is 0 Å². The Bertz CT molecular complexity index is 776. The number of hydrogen-bond acceptors (Lipinski definition) is 6. The lowest BCUT2D eigenvalue weighted by molar-refractivity contribution is -0.125. The van der Waals surface area contributed by atoms with E-state index in [4.69, 9.17) is 4.74 Å². The summed E-state index contributed by atoms with van der Waals surface area (Å²) in [4.78, 5) is 24.6. The second-order valence-electron chi connectivity index (χ2n) is 7.41. The van der Waals surface area contributed by atoms with Crippen molar-refractivity contribution in [2.45, 2.75) is 68.7 Å². The van der Waals surface area contributed by atoms with Gasteiger partial charge in [0.1, 0.15) is 9.77 Å². The van der Waals surface area contributed by atoms with Crippen molar-refractivity contribution in [2.75, 3.05) is 19.7 Å². The maximum absolute atomic E-state index is 12.7. The molecular weight excluding hydrogens is 400 g/mol. The van der Waals surface area contributed by atoms with Crippen LogP contribution in [0.15, 0.2) is 16.3 Å². The van der Waals surface area contributed by atoms with Crippen LogP contribution in [-0.4, -0.2) is 50.3 Å². The van der Waals surface area contributed by atoms with E-state index in [-0.39, 0.29) is 21.7 Å². The van der Waals surface area contributed by atoms with Crippen LogP contribution in [0, 0.1) is 0 Å². The molecule has 1 saturated carbocycles. The minimum Gasteiger partial charge on any atom is -0.451 e. The predicted molar refractivity (Wildman–Crippen MR) is 107 cm³/mol. The van der Waals surface area contributed by atoms with Crippen LogP contribution in [0.25, 0.3) is 0 Å². The molecule has 2 aliphatic rings. The van der Waals surface area contributed by atoms with E-state index in [1.54, 1.807) is 5.38 Å². The number of nitrogens with zero attached hydrogens (tertiary/aromatic N) is 1. The number of carbonyl (C=O) groups excluding carboxylic acids is 2. The highest BCUT2D eigenvalue weighted by molar-refractivity contribution is 7.89. The lowest BCUT2D eigenvalue weighted by Gasteiger charge is -2.21. The Morgan fingerprint density at radius 3 is 2.39 bits per heavy atom. The topological polar surface area (TPSA) is 92.8 Å². The van der Waals surface area contributed by atoms with Crippen molar-refractivity contribution in [1.82, 2.24) is 9.62 Å². The van der Waals surface area contributed by atoms with Crippen LogP contribution >= 0.6 is 11.3 Å². The highest BCUT2D eigenvalue weighted by Crippen LogP contribution is 2.28. The van der Waals surface area contributed by atoms with Gasteiger partial charge in [-0.3, -0.25) is 4.79 Å². The van der Waals surface area contributed by atoms with E-state index >= 15 is 0 Å². The van der Waals surface area contributed by atoms with E-state index in [2.05, 4.69) is 5.32 Å². The molecule has 28 heavy (non-hydrogen) atoms. The Labute approximate surface area is 170 Å². The molecule has 0 radical (unpaired) electrons. The van der Waals surface area contributed by atoms with Gasteiger partial charge in [0.05, 0.1) is 0 Å². The fourth-order valence-corrected chi connectivity index (χ4v) is 6.58. The van der Waals surface area contributed by atoms with Crippen LogP contribution in [0.1, 0.15) is 67.5 Å².